The van der Waals surface area contributed by atoms with Crippen molar-refractivity contribution in [1.29, 1.82) is 0 Å². The largest absolute Gasteiger partial charge is 0.483 e. The second kappa shape index (κ2) is 11.0. The Morgan fingerprint density at radius 1 is 1.18 bits per heavy atom. The number of pyridine rings is 1. The lowest BCUT2D eigenvalue weighted by molar-refractivity contribution is -0.122. The minimum atomic E-state index is -0.250. The molecule has 0 spiro atoms. The molecule has 3 heterocycles. The van der Waals surface area contributed by atoms with Gasteiger partial charge in [0.05, 0.1) is 11.7 Å². The quantitative estimate of drug-likeness (QED) is 0.646. The van der Waals surface area contributed by atoms with Crippen molar-refractivity contribution < 1.29 is 19.4 Å². The molecule has 2 aliphatic carbocycles. The first-order chi connectivity index (χ1) is 16.5. The third kappa shape index (κ3) is 5.77. The lowest BCUT2D eigenvalue weighted by atomic mass is 9.77. The summed E-state index contributed by atoms with van der Waals surface area (Å²) in [6.45, 7) is 2.26. The normalized spacial score (nSPS) is 25.9. The van der Waals surface area contributed by atoms with Gasteiger partial charge in [-0.1, -0.05) is 0 Å². The highest BCUT2D eigenvalue weighted by Crippen LogP contribution is 2.40. The van der Waals surface area contributed by atoms with Crippen LogP contribution in [0.25, 0.3) is 11.4 Å². The maximum atomic E-state index is 13.2. The minimum Gasteiger partial charge on any atom is -0.483 e. The van der Waals surface area contributed by atoms with E-state index in [1.54, 1.807) is 24.8 Å². The second-order valence-electron chi connectivity index (χ2n) is 9.69. The molecule has 1 saturated heterocycles. The molecule has 0 unspecified atom stereocenters. The Balaban J connectivity index is 0.000000868. The summed E-state index contributed by atoms with van der Waals surface area (Å²) in [4.78, 5) is 38.7. The molecule has 0 bridgehead atoms. The average Bonchev–Trinajstić information content (AvgIpc) is 3.59. The van der Waals surface area contributed by atoms with Crippen LogP contribution >= 0.6 is 0 Å². The Morgan fingerprint density at radius 3 is 2.44 bits per heavy atom. The number of ether oxygens (including phenoxy) is 1. The first-order valence-corrected chi connectivity index (χ1v) is 11.9. The van der Waals surface area contributed by atoms with Crippen LogP contribution in [0.2, 0.25) is 0 Å². The van der Waals surface area contributed by atoms with E-state index in [0.717, 1.165) is 44.0 Å². The summed E-state index contributed by atoms with van der Waals surface area (Å²) in [5, 5.41) is 6.89. The number of carbonyl (C=O) groups excluding carboxylic acids is 1. The van der Waals surface area contributed by atoms with E-state index >= 15 is 0 Å². The first kappa shape index (κ1) is 24.2. The van der Waals surface area contributed by atoms with Gasteiger partial charge in [-0.15, -0.1) is 0 Å². The van der Waals surface area contributed by atoms with Crippen molar-refractivity contribution in [3.05, 3.63) is 42.5 Å². The van der Waals surface area contributed by atoms with Gasteiger partial charge < -0.3 is 19.6 Å². The predicted molar refractivity (Wildman–Crippen MR) is 126 cm³/mol. The highest BCUT2D eigenvalue weighted by Gasteiger charge is 2.45. The molecule has 9 nitrogen and oxygen atoms in total. The highest BCUT2D eigenvalue weighted by molar-refractivity contribution is 5.94. The molecule has 34 heavy (non-hydrogen) atoms. The Hall–Kier alpha value is -2.91. The Labute approximate surface area is 200 Å². The van der Waals surface area contributed by atoms with Gasteiger partial charge in [0.1, 0.15) is 0 Å². The number of likely N-dealkylation sites (N-methyl/N-ethyl adjacent to an activating group) is 1. The maximum absolute atomic E-state index is 13.2. The van der Waals surface area contributed by atoms with Crippen molar-refractivity contribution in [2.45, 2.75) is 37.8 Å². The van der Waals surface area contributed by atoms with Crippen LogP contribution in [0.4, 0.5) is 0 Å². The fourth-order valence-electron chi connectivity index (χ4n) is 5.09. The molecule has 9 heteroatoms. The van der Waals surface area contributed by atoms with E-state index in [9.17, 15) is 4.79 Å². The van der Waals surface area contributed by atoms with Crippen LogP contribution in [-0.2, 0) is 9.53 Å². The third-order valence-corrected chi connectivity index (χ3v) is 7.10. The molecule has 182 valence electrons. The summed E-state index contributed by atoms with van der Waals surface area (Å²) in [5.74, 6) is 2.44. The van der Waals surface area contributed by atoms with Gasteiger partial charge in [0, 0.05) is 56.1 Å². The fraction of sp³-hybridized carbons (Fsp3) is 0.560. The molecule has 2 aromatic rings. The molecule has 3 aliphatic rings. The van der Waals surface area contributed by atoms with Crippen molar-refractivity contribution in [2.75, 3.05) is 33.8 Å². The smallest absolute Gasteiger partial charge is 0.290 e. The Bertz CT molecular complexity index is 952. The van der Waals surface area contributed by atoms with Crippen molar-refractivity contribution in [2.24, 2.45) is 17.8 Å². The predicted octanol–water partition coefficient (Wildman–Crippen LogP) is 2.45. The van der Waals surface area contributed by atoms with Gasteiger partial charge in [0.2, 0.25) is 0 Å². The molecule has 3 fully saturated rings. The van der Waals surface area contributed by atoms with E-state index in [-0.39, 0.29) is 18.5 Å². The van der Waals surface area contributed by atoms with E-state index < -0.39 is 0 Å². The average molecular weight is 468 g/mol. The second-order valence-corrected chi connectivity index (χ2v) is 9.69. The highest BCUT2D eigenvalue weighted by atomic mass is 16.5. The van der Waals surface area contributed by atoms with E-state index in [1.165, 1.54) is 12.8 Å². The number of carbonyl (C=O) groups is 2. The summed E-state index contributed by atoms with van der Waals surface area (Å²) in [7, 11) is 4.30. The molecule has 1 aliphatic heterocycles. The van der Waals surface area contributed by atoms with Gasteiger partial charge in [0.25, 0.3) is 12.4 Å². The Morgan fingerprint density at radius 2 is 1.85 bits per heavy atom. The number of aromatic nitrogens is 3. The van der Waals surface area contributed by atoms with Crippen LogP contribution < -0.4 is 0 Å². The number of rotatable bonds is 6. The number of fused-ring (bicyclic) bond motifs is 1. The van der Waals surface area contributed by atoms with E-state index in [2.05, 4.69) is 33.9 Å². The monoisotopic (exact) mass is 467 g/mol. The molecule has 5 rings (SSSR count). The lowest BCUT2D eigenvalue weighted by Gasteiger charge is -2.41. The van der Waals surface area contributed by atoms with Crippen LogP contribution in [0.5, 0.6) is 0 Å². The molecule has 2 aromatic heterocycles. The van der Waals surface area contributed by atoms with Crippen LogP contribution in [0.15, 0.2) is 36.9 Å². The number of amides is 1. The summed E-state index contributed by atoms with van der Waals surface area (Å²) in [5.41, 5.74) is 1.40. The van der Waals surface area contributed by atoms with Crippen molar-refractivity contribution in [3.63, 3.8) is 0 Å². The van der Waals surface area contributed by atoms with Gasteiger partial charge in [-0.3, -0.25) is 14.6 Å². The number of hydrogen-bond donors (Lipinski definition) is 1. The standard InChI is InChI=1S/C24H31N5O2.CH2O2/c1-28(2)21-8-18-13-29(14-19(18)9-22(21)31-15-16-5-6-16)24(30)20-11-26-23(27-12-20)17-4-3-7-25-10-17;2-1-3/h3-4,7,10-12,16,18-19,21-22H,5-6,8-9,13-15H2,1-2H3;1H,(H,2,3)/t18-,19+,21-,22-;/m1./s1. The number of likely N-dealkylation sites (tertiary alicyclic amines) is 1. The third-order valence-electron chi connectivity index (χ3n) is 7.10. The van der Waals surface area contributed by atoms with Crippen LogP contribution in [0.1, 0.15) is 36.0 Å². The zero-order chi connectivity index (χ0) is 24.1. The van der Waals surface area contributed by atoms with E-state index in [4.69, 9.17) is 14.6 Å². The number of nitrogens with zero attached hydrogens (tertiary/aromatic N) is 5. The number of hydrogen-bond acceptors (Lipinski definition) is 7. The van der Waals surface area contributed by atoms with Crippen molar-refractivity contribution in [1.82, 2.24) is 24.8 Å². The SMILES string of the molecule is CN(C)[C@@H]1C[C@@H]2CN(C(=O)c3cnc(-c4cccnc4)nc3)C[C@@H]2C[C@H]1OCC1CC1.O=CO. The summed E-state index contributed by atoms with van der Waals surface area (Å²) < 4.78 is 6.35. The number of carboxylic acid groups (broad SMARTS) is 1. The maximum Gasteiger partial charge on any atom is 0.290 e. The van der Waals surface area contributed by atoms with Gasteiger partial charge in [-0.05, 0) is 69.7 Å². The molecular weight excluding hydrogens is 434 g/mol. The molecule has 1 N–H and O–H groups in total. The van der Waals surface area contributed by atoms with Crippen molar-refractivity contribution >= 4 is 12.4 Å². The zero-order valence-electron chi connectivity index (χ0n) is 19.8. The first-order valence-electron chi connectivity index (χ1n) is 11.9. The Kier molecular flexibility index (Phi) is 7.84. The molecule has 1 amide bonds. The zero-order valence-corrected chi connectivity index (χ0v) is 19.8. The summed E-state index contributed by atoms with van der Waals surface area (Å²) in [6.07, 6.45) is 11.8. The van der Waals surface area contributed by atoms with Gasteiger partial charge in [-0.25, -0.2) is 9.97 Å². The van der Waals surface area contributed by atoms with Crippen LogP contribution in [0, 0.1) is 17.8 Å². The van der Waals surface area contributed by atoms with E-state index in [1.807, 2.05) is 17.0 Å². The lowest BCUT2D eigenvalue weighted by Crippen LogP contribution is -2.48. The fourth-order valence-corrected chi connectivity index (χ4v) is 5.09. The van der Waals surface area contributed by atoms with E-state index in [0.29, 0.717) is 29.3 Å². The minimum absolute atomic E-state index is 0.0315. The molecule has 4 atom stereocenters. The van der Waals surface area contributed by atoms with Gasteiger partial charge in [-0.2, -0.15) is 0 Å². The summed E-state index contributed by atoms with van der Waals surface area (Å²) >= 11 is 0. The molecule has 0 radical (unpaired) electrons. The van der Waals surface area contributed by atoms with Crippen LogP contribution in [0.3, 0.4) is 0 Å². The molecule has 2 saturated carbocycles. The summed E-state index contributed by atoms with van der Waals surface area (Å²) in [6, 6.07) is 4.20. The van der Waals surface area contributed by atoms with Gasteiger partial charge >= 0.3 is 0 Å². The molecular formula is C25H33N5O4. The van der Waals surface area contributed by atoms with Gasteiger partial charge in [0.15, 0.2) is 5.82 Å². The molecule has 0 aromatic carbocycles. The van der Waals surface area contributed by atoms with Crippen LogP contribution in [-0.4, -0.2) is 88.2 Å². The topological polar surface area (TPSA) is 109 Å². The van der Waals surface area contributed by atoms with Crippen molar-refractivity contribution in [3.8, 4) is 11.4 Å².